The van der Waals surface area contributed by atoms with Crippen LogP contribution in [-0.2, 0) is 7.05 Å². The van der Waals surface area contributed by atoms with Crippen LogP contribution in [0.5, 0.6) is 0 Å². The third kappa shape index (κ3) is 3.27. The van der Waals surface area contributed by atoms with Gasteiger partial charge in [-0.25, -0.2) is 4.39 Å². The van der Waals surface area contributed by atoms with Crippen molar-refractivity contribution in [3.63, 3.8) is 0 Å². The van der Waals surface area contributed by atoms with Gasteiger partial charge in [0.1, 0.15) is 5.82 Å². The Morgan fingerprint density at radius 3 is 2.67 bits per heavy atom. The number of nitrogens with zero attached hydrogens (tertiary/aromatic N) is 2. The molecule has 114 valence electrons. The van der Waals surface area contributed by atoms with Gasteiger partial charge in [-0.2, -0.15) is 5.10 Å². The molecule has 1 aromatic heterocycles. The van der Waals surface area contributed by atoms with E-state index in [4.69, 9.17) is 11.6 Å². The van der Waals surface area contributed by atoms with E-state index in [-0.39, 0.29) is 11.9 Å². The quantitative estimate of drug-likeness (QED) is 0.907. The lowest BCUT2D eigenvalue weighted by molar-refractivity contribution is 0.581. The summed E-state index contributed by atoms with van der Waals surface area (Å²) >= 11 is 6.30. The van der Waals surface area contributed by atoms with Crippen molar-refractivity contribution in [2.75, 3.05) is 6.54 Å². The summed E-state index contributed by atoms with van der Waals surface area (Å²) in [6.07, 6.45) is 0.988. The molecule has 0 amide bonds. The zero-order valence-corrected chi connectivity index (χ0v) is 13.6. The van der Waals surface area contributed by atoms with Crippen molar-refractivity contribution in [1.29, 1.82) is 0 Å². The monoisotopic (exact) mass is 309 g/mol. The Morgan fingerprint density at radius 1 is 1.38 bits per heavy atom. The van der Waals surface area contributed by atoms with Crippen LogP contribution in [0.25, 0.3) is 0 Å². The summed E-state index contributed by atoms with van der Waals surface area (Å²) in [5.74, 6) is -0.281. The molecule has 0 radical (unpaired) electrons. The summed E-state index contributed by atoms with van der Waals surface area (Å²) in [7, 11) is 1.91. The predicted octanol–water partition coefficient (Wildman–Crippen LogP) is 3.92. The summed E-state index contributed by atoms with van der Waals surface area (Å²) in [6, 6.07) is 4.34. The highest BCUT2D eigenvalue weighted by Crippen LogP contribution is 2.32. The van der Waals surface area contributed by atoms with Gasteiger partial charge in [0, 0.05) is 23.3 Å². The third-order valence-electron chi connectivity index (χ3n) is 3.72. The van der Waals surface area contributed by atoms with Crippen molar-refractivity contribution in [2.45, 2.75) is 33.2 Å². The van der Waals surface area contributed by atoms with E-state index >= 15 is 0 Å². The maximum atomic E-state index is 13.6. The Morgan fingerprint density at radius 2 is 2.10 bits per heavy atom. The molecule has 0 aliphatic carbocycles. The first-order valence-corrected chi connectivity index (χ1v) is 7.52. The van der Waals surface area contributed by atoms with Crippen molar-refractivity contribution >= 4 is 11.6 Å². The molecule has 0 aliphatic rings. The van der Waals surface area contributed by atoms with Gasteiger partial charge in [-0.05, 0) is 50.6 Å². The second-order valence-electron chi connectivity index (χ2n) is 5.26. The first kappa shape index (κ1) is 16.0. The third-order valence-corrected chi connectivity index (χ3v) is 4.07. The second-order valence-corrected chi connectivity index (χ2v) is 5.67. The van der Waals surface area contributed by atoms with E-state index in [9.17, 15) is 4.39 Å². The van der Waals surface area contributed by atoms with Crippen LogP contribution in [0.4, 0.5) is 4.39 Å². The molecule has 0 saturated carbocycles. The van der Waals surface area contributed by atoms with Gasteiger partial charge in [-0.3, -0.25) is 4.68 Å². The molecular weight excluding hydrogens is 289 g/mol. The molecular formula is C16H21ClFN3. The van der Waals surface area contributed by atoms with Crippen molar-refractivity contribution in [1.82, 2.24) is 15.1 Å². The maximum Gasteiger partial charge on any atom is 0.123 e. The number of aryl methyl sites for hydroxylation is 2. The molecule has 0 fully saturated rings. The molecule has 0 bridgehead atoms. The van der Waals surface area contributed by atoms with Crippen molar-refractivity contribution < 1.29 is 4.39 Å². The normalized spacial score (nSPS) is 12.7. The highest BCUT2D eigenvalue weighted by Gasteiger charge is 2.23. The van der Waals surface area contributed by atoms with Crippen LogP contribution in [0, 0.1) is 19.7 Å². The standard InChI is InChI=1S/C16H21ClFN3/c1-5-8-19-16(13-9-12(18)6-7-14(13)17)15-10(2)20-21(4)11(15)3/h6-7,9,16,19H,5,8H2,1-4H3. The number of aromatic nitrogens is 2. The van der Waals surface area contributed by atoms with Gasteiger partial charge in [-0.1, -0.05) is 18.5 Å². The lowest BCUT2D eigenvalue weighted by Crippen LogP contribution is -2.24. The van der Waals surface area contributed by atoms with Gasteiger partial charge in [0.2, 0.25) is 0 Å². The molecule has 1 atom stereocenters. The highest BCUT2D eigenvalue weighted by molar-refractivity contribution is 6.31. The largest absolute Gasteiger partial charge is 0.306 e. The summed E-state index contributed by atoms with van der Waals surface area (Å²) in [5, 5.41) is 8.48. The maximum absolute atomic E-state index is 13.6. The highest BCUT2D eigenvalue weighted by atomic mass is 35.5. The van der Waals surface area contributed by atoms with Gasteiger partial charge in [-0.15, -0.1) is 0 Å². The minimum atomic E-state index is -0.281. The Labute approximate surface area is 130 Å². The van der Waals surface area contributed by atoms with Crippen molar-refractivity contribution in [3.8, 4) is 0 Å². The number of hydrogen-bond donors (Lipinski definition) is 1. The van der Waals surface area contributed by atoms with Crippen molar-refractivity contribution in [2.24, 2.45) is 7.05 Å². The summed E-state index contributed by atoms with van der Waals surface area (Å²) in [4.78, 5) is 0. The number of nitrogens with one attached hydrogen (secondary N) is 1. The van der Waals surface area contributed by atoms with Crippen LogP contribution < -0.4 is 5.32 Å². The fourth-order valence-electron chi connectivity index (χ4n) is 2.60. The zero-order chi connectivity index (χ0) is 15.6. The summed E-state index contributed by atoms with van der Waals surface area (Å²) < 4.78 is 15.5. The van der Waals surface area contributed by atoms with E-state index in [1.165, 1.54) is 12.1 Å². The van der Waals surface area contributed by atoms with E-state index in [1.54, 1.807) is 6.07 Å². The van der Waals surface area contributed by atoms with E-state index < -0.39 is 0 Å². The van der Waals surface area contributed by atoms with Gasteiger partial charge < -0.3 is 5.32 Å². The summed E-state index contributed by atoms with van der Waals surface area (Å²) in [5.41, 5.74) is 3.81. The molecule has 5 heteroatoms. The fourth-order valence-corrected chi connectivity index (χ4v) is 2.83. The Kier molecular flexibility index (Phi) is 5.01. The SMILES string of the molecule is CCCNC(c1cc(F)ccc1Cl)c1c(C)nn(C)c1C. The Hall–Kier alpha value is -1.39. The average molecular weight is 310 g/mol. The molecule has 1 aromatic carbocycles. The van der Waals surface area contributed by atoms with Crippen LogP contribution in [0.3, 0.4) is 0 Å². The van der Waals surface area contributed by atoms with E-state index in [0.29, 0.717) is 5.02 Å². The number of halogens is 2. The Balaban J connectivity index is 2.55. The van der Waals surface area contributed by atoms with Crippen LogP contribution in [0.1, 0.15) is 41.9 Å². The first-order valence-electron chi connectivity index (χ1n) is 7.14. The molecule has 1 unspecified atom stereocenters. The van der Waals surface area contributed by atoms with Crippen molar-refractivity contribution in [3.05, 3.63) is 51.6 Å². The van der Waals surface area contributed by atoms with Crippen LogP contribution in [0.15, 0.2) is 18.2 Å². The molecule has 21 heavy (non-hydrogen) atoms. The number of rotatable bonds is 5. The van der Waals surface area contributed by atoms with Gasteiger partial charge >= 0.3 is 0 Å². The number of benzene rings is 1. The first-order chi connectivity index (χ1) is 9.95. The van der Waals surface area contributed by atoms with Crippen LogP contribution in [0.2, 0.25) is 5.02 Å². The molecule has 2 aromatic rings. The minimum Gasteiger partial charge on any atom is -0.306 e. The molecule has 3 nitrogen and oxygen atoms in total. The predicted molar refractivity (Wildman–Crippen MR) is 84.2 cm³/mol. The lowest BCUT2D eigenvalue weighted by Gasteiger charge is -2.21. The second kappa shape index (κ2) is 6.58. The van der Waals surface area contributed by atoms with Gasteiger partial charge in [0.25, 0.3) is 0 Å². The number of hydrogen-bond acceptors (Lipinski definition) is 2. The molecule has 1 heterocycles. The molecule has 0 saturated heterocycles. The fraction of sp³-hybridized carbons (Fsp3) is 0.438. The molecule has 1 N–H and O–H groups in total. The topological polar surface area (TPSA) is 29.9 Å². The smallest absolute Gasteiger partial charge is 0.123 e. The Bertz CT molecular complexity index is 637. The molecule has 0 spiro atoms. The van der Waals surface area contributed by atoms with Gasteiger partial charge in [0.15, 0.2) is 0 Å². The zero-order valence-electron chi connectivity index (χ0n) is 12.9. The minimum absolute atomic E-state index is 0.151. The van der Waals surface area contributed by atoms with E-state index in [1.807, 2.05) is 25.6 Å². The average Bonchev–Trinajstić information content (AvgIpc) is 2.69. The molecule has 0 aliphatic heterocycles. The van der Waals surface area contributed by atoms with Crippen LogP contribution in [-0.4, -0.2) is 16.3 Å². The van der Waals surface area contributed by atoms with E-state index in [0.717, 1.165) is 35.5 Å². The van der Waals surface area contributed by atoms with Gasteiger partial charge in [0.05, 0.1) is 11.7 Å². The van der Waals surface area contributed by atoms with E-state index in [2.05, 4.69) is 17.3 Å². The lowest BCUT2D eigenvalue weighted by atomic mass is 9.96. The van der Waals surface area contributed by atoms with Crippen LogP contribution >= 0.6 is 11.6 Å². The summed E-state index contributed by atoms with van der Waals surface area (Å²) in [6.45, 7) is 6.91. The molecule has 2 rings (SSSR count).